The molecule has 0 saturated heterocycles. The average molecular weight is 281 g/mol. The lowest BCUT2D eigenvalue weighted by Crippen LogP contribution is -2.43. The molecule has 2 aliphatic rings. The maximum Gasteiger partial charge on any atom is 0.344 e. The van der Waals surface area contributed by atoms with Crippen LogP contribution in [-0.4, -0.2) is 29.0 Å². The van der Waals surface area contributed by atoms with Gasteiger partial charge in [0.25, 0.3) is 0 Å². The fourth-order valence-corrected chi connectivity index (χ4v) is 2.98. The highest BCUT2D eigenvalue weighted by Gasteiger charge is 2.43. The molecule has 112 valence electrons. The van der Waals surface area contributed by atoms with Gasteiger partial charge in [0.2, 0.25) is 0 Å². The molecule has 0 aromatic carbocycles. The number of ether oxygens (including phenoxy) is 1. The number of oxime groups is 1. The van der Waals surface area contributed by atoms with Gasteiger partial charge < -0.3 is 14.7 Å². The van der Waals surface area contributed by atoms with Crippen LogP contribution in [0.5, 0.6) is 0 Å². The molecule has 20 heavy (non-hydrogen) atoms. The van der Waals surface area contributed by atoms with E-state index in [9.17, 15) is 9.90 Å². The molecule has 0 radical (unpaired) electrons. The van der Waals surface area contributed by atoms with Gasteiger partial charge in [0.1, 0.15) is 23.5 Å². The Bertz CT molecular complexity index is 433. The molecular weight excluding hydrogens is 258 g/mol. The van der Waals surface area contributed by atoms with Crippen LogP contribution in [0.15, 0.2) is 16.5 Å². The maximum absolute atomic E-state index is 12.3. The Morgan fingerprint density at radius 2 is 2.05 bits per heavy atom. The number of carbonyl (C=O) groups excluding carboxylic acids is 1. The Labute approximate surface area is 119 Å². The van der Waals surface area contributed by atoms with Crippen LogP contribution in [0.25, 0.3) is 0 Å². The molecule has 2 rings (SSSR count). The molecule has 1 spiro atoms. The number of aliphatic hydroxyl groups is 1. The molecule has 5 heteroatoms. The van der Waals surface area contributed by atoms with E-state index in [0.717, 1.165) is 25.7 Å². The van der Waals surface area contributed by atoms with Crippen molar-refractivity contribution in [3.8, 4) is 0 Å². The fourth-order valence-electron chi connectivity index (χ4n) is 2.98. The highest BCUT2D eigenvalue weighted by atomic mass is 16.6. The first-order valence-corrected chi connectivity index (χ1v) is 7.46. The summed E-state index contributed by atoms with van der Waals surface area (Å²) in [4.78, 5) is 17.3. The van der Waals surface area contributed by atoms with Gasteiger partial charge in [-0.15, -0.1) is 0 Å². The molecule has 5 nitrogen and oxygen atoms in total. The van der Waals surface area contributed by atoms with Gasteiger partial charge in [-0.3, -0.25) is 0 Å². The van der Waals surface area contributed by atoms with E-state index >= 15 is 0 Å². The summed E-state index contributed by atoms with van der Waals surface area (Å²) in [5, 5.41) is 14.2. The van der Waals surface area contributed by atoms with Crippen molar-refractivity contribution in [2.45, 2.75) is 64.4 Å². The molecule has 1 saturated carbocycles. The molecule has 1 fully saturated rings. The van der Waals surface area contributed by atoms with Crippen molar-refractivity contribution in [3.63, 3.8) is 0 Å². The standard InChI is InChI=1S/C15H23NO4/c1-3-11(16-19-4-2)13-12(17)10-15(20-14(13)18)8-6-5-7-9-15/h17H,3-10H2,1-2H3. The van der Waals surface area contributed by atoms with Crippen molar-refractivity contribution >= 4 is 11.7 Å². The van der Waals surface area contributed by atoms with Gasteiger partial charge in [0.05, 0.1) is 5.71 Å². The van der Waals surface area contributed by atoms with Gasteiger partial charge in [-0.05, 0) is 39.0 Å². The zero-order chi connectivity index (χ0) is 14.6. The third-order valence-corrected chi connectivity index (χ3v) is 3.98. The zero-order valence-electron chi connectivity index (χ0n) is 12.3. The van der Waals surface area contributed by atoms with E-state index in [1.807, 2.05) is 13.8 Å². The number of nitrogens with zero attached hydrogens (tertiary/aromatic N) is 1. The summed E-state index contributed by atoms with van der Waals surface area (Å²) >= 11 is 0. The van der Waals surface area contributed by atoms with E-state index in [-0.39, 0.29) is 11.3 Å². The third kappa shape index (κ3) is 2.97. The zero-order valence-corrected chi connectivity index (χ0v) is 12.3. The third-order valence-electron chi connectivity index (χ3n) is 3.98. The average Bonchev–Trinajstić information content (AvgIpc) is 2.42. The van der Waals surface area contributed by atoms with Crippen LogP contribution in [-0.2, 0) is 14.4 Å². The van der Waals surface area contributed by atoms with Gasteiger partial charge >= 0.3 is 5.97 Å². The largest absolute Gasteiger partial charge is 0.511 e. The quantitative estimate of drug-likeness (QED) is 0.488. The second-order valence-corrected chi connectivity index (χ2v) is 5.44. The highest BCUT2D eigenvalue weighted by Crippen LogP contribution is 2.40. The molecule has 0 aromatic rings. The number of rotatable bonds is 4. The van der Waals surface area contributed by atoms with E-state index < -0.39 is 11.6 Å². The molecule has 0 unspecified atom stereocenters. The van der Waals surface area contributed by atoms with Crippen molar-refractivity contribution in [1.82, 2.24) is 0 Å². The van der Waals surface area contributed by atoms with Crippen molar-refractivity contribution in [3.05, 3.63) is 11.3 Å². The summed E-state index contributed by atoms with van der Waals surface area (Å²) in [6.07, 6.45) is 5.84. The maximum atomic E-state index is 12.3. The van der Waals surface area contributed by atoms with Crippen molar-refractivity contribution in [1.29, 1.82) is 0 Å². The molecular formula is C15H23NO4. The predicted octanol–water partition coefficient (Wildman–Crippen LogP) is 3.25. The second-order valence-electron chi connectivity index (χ2n) is 5.44. The normalized spacial score (nSPS) is 22.9. The molecule has 1 aliphatic carbocycles. The summed E-state index contributed by atoms with van der Waals surface area (Å²) in [5.74, 6) is -0.362. The number of hydrogen-bond donors (Lipinski definition) is 1. The molecule has 1 aliphatic heterocycles. The first-order valence-electron chi connectivity index (χ1n) is 7.46. The Hall–Kier alpha value is -1.52. The molecule has 0 atom stereocenters. The van der Waals surface area contributed by atoms with Crippen LogP contribution in [0.4, 0.5) is 0 Å². The van der Waals surface area contributed by atoms with Gasteiger partial charge in [-0.25, -0.2) is 4.79 Å². The van der Waals surface area contributed by atoms with Crippen molar-refractivity contribution in [2.75, 3.05) is 6.61 Å². The lowest BCUT2D eigenvalue weighted by atomic mass is 9.79. The van der Waals surface area contributed by atoms with Gasteiger partial charge in [-0.2, -0.15) is 0 Å². The van der Waals surface area contributed by atoms with E-state index in [4.69, 9.17) is 9.57 Å². The van der Waals surface area contributed by atoms with Crippen LogP contribution in [0, 0.1) is 0 Å². The van der Waals surface area contributed by atoms with Gasteiger partial charge in [-0.1, -0.05) is 18.5 Å². The smallest absolute Gasteiger partial charge is 0.344 e. The molecule has 1 N–H and O–H groups in total. The molecule has 1 heterocycles. The van der Waals surface area contributed by atoms with Crippen LogP contribution in [0.1, 0.15) is 58.8 Å². The lowest BCUT2D eigenvalue weighted by molar-refractivity contribution is -0.161. The van der Waals surface area contributed by atoms with Crippen LogP contribution >= 0.6 is 0 Å². The van der Waals surface area contributed by atoms with Crippen LogP contribution < -0.4 is 0 Å². The fraction of sp³-hybridized carbons (Fsp3) is 0.733. The summed E-state index contributed by atoms with van der Waals surface area (Å²) in [5.41, 5.74) is 0.157. The second kappa shape index (κ2) is 6.29. The summed E-state index contributed by atoms with van der Waals surface area (Å²) in [6, 6.07) is 0. The molecule has 0 bridgehead atoms. The first kappa shape index (κ1) is 14.9. The van der Waals surface area contributed by atoms with E-state index in [2.05, 4.69) is 5.16 Å². The van der Waals surface area contributed by atoms with E-state index in [1.165, 1.54) is 6.42 Å². The number of carbonyl (C=O) groups is 1. The van der Waals surface area contributed by atoms with Crippen LogP contribution in [0.2, 0.25) is 0 Å². The minimum atomic E-state index is -0.493. The Morgan fingerprint density at radius 1 is 1.35 bits per heavy atom. The number of hydrogen-bond acceptors (Lipinski definition) is 5. The molecule has 0 amide bonds. The van der Waals surface area contributed by atoms with Crippen LogP contribution in [0.3, 0.4) is 0 Å². The van der Waals surface area contributed by atoms with Gasteiger partial charge in [0, 0.05) is 6.42 Å². The summed E-state index contributed by atoms with van der Waals surface area (Å²) in [7, 11) is 0. The Kier molecular flexibility index (Phi) is 4.68. The van der Waals surface area contributed by atoms with Gasteiger partial charge in [0.15, 0.2) is 0 Å². The number of esters is 1. The minimum absolute atomic E-state index is 0.100. The van der Waals surface area contributed by atoms with E-state index in [0.29, 0.717) is 25.2 Å². The predicted molar refractivity (Wildman–Crippen MR) is 75.5 cm³/mol. The minimum Gasteiger partial charge on any atom is -0.511 e. The highest BCUT2D eigenvalue weighted by molar-refractivity contribution is 6.20. The first-order chi connectivity index (χ1) is 9.62. The number of aliphatic hydroxyl groups excluding tert-OH is 1. The Balaban J connectivity index is 2.25. The lowest BCUT2D eigenvalue weighted by Gasteiger charge is -2.39. The monoisotopic (exact) mass is 281 g/mol. The SMILES string of the molecule is CCON=C(CC)C1=C(O)CC2(CCCCC2)OC1=O. The van der Waals surface area contributed by atoms with E-state index in [1.54, 1.807) is 0 Å². The summed E-state index contributed by atoms with van der Waals surface area (Å²) < 4.78 is 5.67. The Morgan fingerprint density at radius 3 is 2.60 bits per heavy atom. The summed E-state index contributed by atoms with van der Waals surface area (Å²) in [6.45, 7) is 4.12. The van der Waals surface area contributed by atoms with Crippen molar-refractivity contribution < 1.29 is 19.5 Å². The van der Waals surface area contributed by atoms with Crippen molar-refractivity contribution in [2.24, 2.45) is 5.16 Å². The molecule has 0 aromatic heterocycles. The topological polar surface area (TPSA) is 68.1 Å².